The molecule has 0 bridgehead atoms. The summed E-state index contributed by atoms with van der Waals surface area (Å²) in [6.45, 7) is 0. The molecule has 3 atom stereocenters. The molecule has 5 heteroatoms. The van der Waals surface area contributed by atoms with E-state index in [2.05, 4.69) is 17.5 Å². The first-order valence-electron chi connectivity index (χ1n) is 7.80. The fourth-order valence-corrected chi connectivity index (χ4v) is 4.22. The van der Waals surface area contributed by atoms with E-state index in [0.29, 0.717) is 15.6 Å². The lowest BCUT2D eigenvalue weighted by Crippen LogP contribution is -2.29. The van der Waals surface area contributed by atoms with Gasteiger partial charge in [0.1, 0.15) is 0 Å². The zero-order valence-corrected chi connectivity index (χ0v) is 14.2. The fourth-order valence-electron chi connectivity index (χ4n) is 3.80. The van der Waals surface area contributed by atoms with Crippen LogP contribution >= 0.6 is 23.2 Å². The van der Waals surface area contributed by atoms with Crippen molar-refractivity contribution in [2.24, 2.45) is 5.92 Å². The van der Waals surface area contributed by atoms with Crippen molar-refractivity contribution in [3.05, 3.63) is 75.3 Å². The highest BCUT2D eigenvalue weighted by Gasteiger charge is 2.39. The molecule has 2 aromatic rings. The molecule has 0 saturated heterocycles. The minimum absolute atomic E-state index is 0.0411. The van der Waals surface area contributed by atoms with Crippen LogP contribution in [0.5, 0.6) is 0 Å². The molecule has 2 N–H and O–H groups in total. The highest BCUT2D eigenvalue weighted by atomic mass is 35.5. The third-order valence-electron chi connectivity index (χ3n) is 4.93. The van der Waals surface area contributed by atoms with Crippen LogP contribution in [0.15, 0.2) is 48.6 Å². The van der Waals surface area contributed by atoms with E-state index in [9.17, 15) is 9.90 Å². The second-order valence-corrected chi connectivity index (χ2v) is 7.01. The summed E-state index contributed by atoms with van der Waals surface area (Å²) in [5.74, 6) is -0.436. The van der Waals surface area contributed by atoms with Crippen molar-refractivity contribution in [1.82, 2.24) is 0 Å². The standard InChI is InChI=1S/C19H15Cl2NO2/c20-15-6-2-5-13(17(15)21)18-12-4-1-3-11(12)14-9-10(19(23)24)7-8-16(14)22-18/h1-3,5-9,11-12,18,22H,4H2,(H,23,24)/t11-,12-,18+/m0/s1. The summed E-state index contributed by atoms with van der Waals surface area (Å²) in [5, 5.41) is 13.9. The number of nitrogens with one attached hydrogen (secondary N) is 1. The van der Waals surface area contributed by atoms with Crippen LogP contribution in [0.3, 0.4) is 0 Å². The second kappa shape index (κ2) is 5.83. The van der Waals surface area contributed by atoms with Crippen LogP contribution in [-0.4, -0.2) is 11.1 Å². The average Bonchev–Trinajstić information content (AvgIpc) is 3.06. The predicted molar refractivity (Wildman–Crippen MR) is 96.2 cm³/mol. The van der Waals surface area contributed by atoms with E-state index in [0.717, 1.165) is 23.2 Å². The maximum atomic E-state index is 11.3. The largest absolute Gasteiger partial charge is 0.478 e. The molecule has 0 saturated carbocycles. The summed E-state index contributed by atoms with van der Waals surface area (Å²) < 4.78 is 0. The van der Waals surface area contributed by atoms with Crippen LogP contribution < -0.4 is 5.32 Å². The number of hydrogen-bond acceptors (Lipinski definition) is 2. The molecule has 3 nitrogen and oxygen atoms in total. The molecule has 0 radical (unpaired) electrons. The summed E-state index contributed by atoms with van der Waals surface area (Å²) in [7, 11) is 0. The zero-order chi connectivity index (χ0) is 16.8. The van der Waals surface area contributed by atoms with Gasteiger partial charge in [0.15, 0.2) is 0 Å². The monoisotopic (exact) mass is 359 g/mol. The number of hydrogen-bond donors (Lipinski definition) is 2. The van der Waals surface area contributed by atoms with Crippen molar-refractivity contribution in [2.75, 3.05) is 5.32 Å². The summed E-state index contributed by atoms with van der Waals surface area (Å²) in [4.78, 5) is 11.3. The summed E-state index contributed by atoms with van der Waals surface area (Å²) in [5.41, 5.74) is 3.28. The molecule has 0 aromatic heterocycles. The van der Waals surface area contributed by atoms with Crippen LogP contribution in [0, 0.1) is 5.92 Å². The van der Waals surface area contributed by atoms with Crippen molar-refractivity contribution in [1.29, 1.82) is 0 Å². The molecular formula is C19H15Cl2NO2. The van der Waals surface area contributed by atoms with Crippen LogP contribution in [0.25, 0.3) is 0 Å². The van der Waals surface area contributed by atoms with Crippen molar-refractivity contribution in [2.45, 2.75) is 18.4 Å². The quantitative estimate of drug-likeness (QED) is 0.694. The van der Waals surface area contributed by atoms with Gasteiger partial charge >= 0.3 is 5.97 Å². The Morgan fingerprint density at radius 3 is 2.79 bits per heavy atom. The van der Waals surface area contributed by atoms with Crippen molar-refractivity contribution >= 4 is 34.9 Å². The van der Waals surface area contributed by atoms with Crippen LogP contribution in [0.1, 0.15) is 39.9 Å². The van der Waals surface area contributed by atoms with Gasteiger partial charge in [-0.25, -0.2) is 4.79 Å². The highest BCUT2D eigenvalue weighted by Crippen LogP contribution is 2.51. The topological polar surface area (TPSA) is 49.3 Å². The van der Waals surface area contributed by atoms with Gasteiger partial charge in [-0.05, 0) is 47.7 Å². The number of rotatable bonds is 2. The number of allylic oxidation sites excluding steroid dienone is 2. The molecule has 0 unspecified atom stereocenters. The van der Waals surface area contributed by atoms with E-state index in [1.165, 1.54) is 0 Å². The van der Waals surface area contributed by atoms with Crippen molar-refractivity contribution in [3.63, 3.8) is 0 Å². The number of carbonyl (C=O) groups is 1. The minimum atomic E-state index is -0.906. The van der Waals surface area contributed by atoms with Gasteiger partial charge in [-0.15, -0.1) is 0 Å². The molecule has 1 aliphatic heterocycles. The van der Waals surface area contributed by atoms with E-state index < -0.39 is 5.97 Å². The smallest absolute Gasteiger partial charge is 0.335 e. The molecule has 1 aliphatic carbocycles. The van der Waals surface area contributed by atoms with Gasteiger partial charge in [-0.1, -0.05) is 47.5 Å². The van der Waals surface area contributed by atoms with Gasteiger partial charge in [-0.2, -0.15) is 0 Å². The Labute approximate surface area is 149 Å². The van der Waals surface area contributed by atoms with Gasteiger partial charge in [0.25, 0.3) is 0 Å². The number of carboxylic acids is 1. The Morgan fingerprint density at radius 1 is 1.17 bits per heavy atom. The van der Waals surface area contributed by atoms with Crippen LogP contribution in [0.2, 0.25) is 10.0 Å². The van der Waals surface area contributed by atoms with Crippen LogP contribution in [0.4, 0.5) is 5.69 Å². The van der Waals surface area contributed by atoms with E-state index in [-0.39, 0.29) is 17.9 Å². The second-order valence-electron chi connectivity index (χ2n) is 6.23. The molecular weight excluding hydrogens is 345 g/mol. The maximum absolute atomic E-state index is 11.3. The Hall–Kier alpha value is -1.97. The van der Waals surface area contributed by atoms with Crippen LogP contribution in [-0.2, 0) is 0 Å². The molecule has 0 spiro atoms. The number of halogens is 2. The van der Waals surface area contributed by atoms with Gasteiger partial charge in [0.2, 0.25) is 0 Å². The molecule has 1 heterocycles. The van der Waals surface area contributed by atoms with Crippen molar-refractivity contribution < 1.29 is 9.90 Å². The number of carboxylic acid groups (broad SMARTS) is 1. The molecule has 0 fully saturated rings. The lowest BCUT2D eigenvalue weighted by molar-refractivity contribution is 0.0696. The molecule has 24 heavy (non-hydrogen) atoms. The highest BCUT2D eigenvalue weighted by molar-refractivity contribution is 6.42. The molecule has 2 aromatic carbocycles. The summed E-state index contributed by atoms with van der Waals surface area (Å²) >= 11 is 12.6. The lowest BCUT2D eigenvalue weighted by Gasteiger charge is -2.38. The Kier molecular flexibility index (Phi) is 3.78. The Bertz CT molecular complexity index is 862. The van der Waals surface area contributed by atoms with Gasteiger partial charge < -0.3 is 10.4 Å². The Balaban J connectivity index is 1.81. The normalized spacial score (nSPS) is 24.2. The third kappa shape index (κ3) is 2.40. The van der Waals surface area contributed by atoms with E-state index >= 15 is 0 Å². The van der Waals surface area contributed by atoms with Gasteiger partial charge in [-0.3, -0.25) is 0 Å². The van der Waals surface area contributed by atoms with E-state index in [4.69, 9.17) is 23.2 Å². The SMILES string of the molecule is O=C(O)c1ccc2c(c1)[C@H]1C=CC[C@@H]1[C@H](c1cccc(Cl)c1Cl)N2. The number of anilines is 1. The van der Waals surface area contributed by atoms with Crippen molar-refractivity contribution in [3.8, 4) is 0 Å². The summed E-state index contributed by atoms with van der Waals surface area (Å²) in [6, 6.07) is 11.0. The first kappa shape index (κ1) is 15.6. The van der Waals surface area contributed by atoms with E-state index in [1.54, 1.807) is 18.2 Å². The first-order valence-corrected chi connectivity index (χ1v) is 8.56. The van der Waals surface area contributed by atoms with E-state index in [1.807, 2.05) is 18.2 Å². The van der Waals surface area contributed by atoms with Gasteiger partial charge in [0, 0.05) is 11.6 Å². The zero-order valence-electron chi connectivity index (χ0n) is 12.7. The number of aromatic carboxylic acids is 1. The number of fused-ring (bicyclic) bond motifs is 3. The minimum Gasteiger partial charge on any atom is -0.478 e. The average molecular weight is 360 g/mol. The third-order valence-corrected chi connectivity index (χ3v) is 5.76. The molecule has 2 aliphatic rings. The number of benzene rings is 2. The fraction of sp³-hybridized carbons (Fsp3) is 0.211. The molecule has 122 valence electrons. The molecule has 4 rings (SSSR count). The molecule has 0 amide bonds. The maximum Gasteiger partial charge on any atom is 0.335 e. The lowest BCUT2D eigenvalue weighted by atomic mass is 9.76. The predicted octanol–water partition coefficient (Wildman–Crippen LogP) is 5.52. The Morgan fingerprint density at radius 2 is 2.00 bits per heavy atom. The van der Waals surface area contributed by atoms with Gasteiger partial charge in [0.05, 0.1) is 21.7 Å². The first-order chi connectivity index (χ1) is 11.6. The summed E-state index contributed by atoms with van der Waals surface area (Å²) in [6.07, 6.45) is 5.24.